The Labute approximate surface area is 418 Å². The molecule has 10 rings (SSSR count). The second-order valence-electron chi connectivity index (χ2n) is 25.8. The van der Waals surface area contributed by atoms with Crippen LogP contribution in [0, 0.1) is 51.2 Å². The van der Waals surface area contributed by atoms with E-state index in [0.717, 1.165) is 99.4 Å². The van der Waals surface area contributed by atoms with Gasteiger partial charge in [0.15, 0.2) is 5.78 Å². The topological polar surface area (TPSA) is 178 Å². The summed E-state index contributed by atoms with van der Waals surface area (Å²) in [4.78, 5) is 31.1. The van der Waals surface area contributed by atoms with Crippen molar-refractivity contribution < 1.29 is 34.8 Å². The minimum absolute atomic E-state index is 0.00621. The number of rotatable bonds is 12. The van der Waals surface area contributed by atoms with Crippen molar-refractivity contribution in [2.45, 2.75) is 204 Å². The maximum Gasteiger partial charge on any atom is 0.160 e. The summed E-state index contributed by atoms with van der Waals surface area (Å²) in [7, 11) is 1.90. The number of fused-ring (bicyclic) bond motifs is 4. The number of aliphatic hydroxyl groups excluding tert-OH is 2. The number of nitrogen functional groups attached to an aromatic ring is 1. The van der Waals surface area contributed by atoms with Crippen LogP contribution in [0.15, 0.2) is 53.6 Å². The lowest BCUT2D eigenvalue weighted by Crippen LogP contribution is -2.71. The van der Waals surface area contributed by atoms with Crippen molar-refractivity contribution in [2.24, 2.45) is 51.2 Å². The number of carbonyl (C=O) groups is 2. The first-order valence-corrected chi connectivity index (χ1v) is 27.9. The Morgan fingerprint density at radius 3 is 2.41 bits per heavy atom. The minimum atomic E-state index is -0.917. The SMILES string of the molecule is CNCc1cc(O)cc([C@H]2C[C@@]3(C)[C@H]4CCC5=C([C@@H](C[C@@H](O)[C@H]6O[C@]6(C)[C@@H]6CCC[C@H]6c6cccc(N)c6)C6CCCCC6)C(=O)C[C@]5(C)[C@@]4(CCO)C[C@@H]4NC[C@](C)(O)CCCC[C@@](C)(C2=O)[C@H]43)c1. The fourth-order valence-electron chi connectivity index (χ4n) is 18.7. The van der Waals surface area contributed by atoms with E-state index in [1.807, 2.05) is 32.2 Å². The lowest BCUT2D eigenvalue weighted by Gasteiger charge is -2.72. The number of hydrogen-bond acceptors (Lipinski definition) is 10. The molecule has 8 aliphatic rings. The van der Waals surface area contributed by atoms with E-state index < -0.39 is 44.9 Å². The number of β-amino-alcohol motifs (C(OH)–C–C–N with tert-alkyl or cyclic N) is 1. The van der Waals surface area contributed by atoms with Crippen LogP contribution in [0.2, 0.25) is 0 Å². The molecule has 2 aromatic carbocycles. The molecule has 384 valence electrons. The van der Waals surface area contributed by atoms with E-state index in [0.29, 0.717) is 63.5 Å². The molecule has 2 saturated heterocycles. The largest absolute Gasteiger partial charge is 0.508 e. The third kappa shape index (κ3) is 8.27. The van der Waals surface area contributed by atoms with Gasteiger partial charge < -0.3 is 41.5 Å². The highest BCUT2D eigenvalue weighted by Gasteiger charge is 2.73. The molecule has 8 N–H and O–H groups in total. The van der Waals surface area contributed by atoms with Gasteiger partial charge in [0.2, 0.25) is 0 Å². The predicted octanol–water partition coefficient (Wildman–Crippen LogP) is 9.81. The quantitative estimate of drug-likeness (QED) is 0.0801. The molecule has 10 heteroatoms. The number of epoxide rings is 1. The number of phenolic OH excluding ortho intramolecular Hbond substituents is 1. The first kappa shape index (κ1) is 50.4. The molecule has 2 aromatic rings. The summed E-state index contributed by atoms with van der Waals surface area (Å²) in [5, 5.41) is 54.2. The number of Topliss-reactive ketones (excluding diaryl/α,β-unsaturated/α-hetero) is 2. The molecule has 10 nitrogen and oxygen atoms in total. The highest BCUT2D eigenvalue weighted by molar-refractivity contribution is 6.01. The Bertz CT molecular complexity index is 2340. The summed E-state index contributed by atoms with van der Waals surface area (Å²) >= 11 is 0. The van der Waals surface area contributed by atoms with Crippen LogP contribution in [-0.2, 0) is 20.9 Å². The van der Waals surface area contributed by atoms with Gasteiger partial charge in [-0.3, -0.25) is 9.59 Å². The summed E-state index contributed by atoms with van der Waals surface area (Å²) in [6, 6.07) is 13.9. The van der Waals surface area contributed by atoms with Crippen molar-refractivity contribution in [1.29, 1.82) is 0 Å². The standard InChI is InChI=1S/C60H87N3O7/c1-55(69)22-10-11-23-56(2)52-47(63-35-55)32-60(24-25-64)50(57(52,3)31-44(53(56)68)39-26-36(34-62-6)27-41(65)29-39)21-20-46-51(49(67)33-58(46,60)4)43(37-14-8-7-9-15-37)30-48(66)54-59(5,70-54)45-19-13-18-42(45)38-16-12-17-40(61)28-38/h12,16-17,26-29,37,42-45,47-48,50,52,54,62-66,69H,7-11,13-15,18-25,30-35,61H2,1-6H3/t42-,43-,44+,45+,47-,48+,50+,52-,54+,55+,56+,57-,58-,59+,60-/m0/s1. The van der Waals surface area contributed by atoms with Gasteiger partial charge in [-0.1, -0.05) is 83.1 Å². The summed E-state index contributed by atoms with van der Waals surface area (Å²) in [6.07, 6.45) is 15.3. The molecule has 5 saturated carbocycles. The molecule has 0 radical (unpaired) electrons. The van der Waals surface area contributed by atoms with Crippen LogP contribution in [0.1, 0.15) is 185 Å². The Balaban J connectivity index is 1.04. The van der Waals surface area contributed by atoms with Crippen molar-refractivity contribution >= 4 is 17.3 Å². The number of nitrogens with two attached hydrogens (primary N) is 1. The summed E-state index contributed by atoms with van der Waals surface area (Å²) in [5.41, 5.74) is 8.92. The molecule has 2 aliphatic heterocycles. The fourth-order valence-corrected chi connectivity index (χ4v) is 18.7. The highest BCUT2D eigenvalue weighted by Crippen LogP contribution is 2.76. The maximum absolute atomic E-state index is 15.6. The van der Waals surface area contributed by atoms with E-state index in [1.54, 1.807) is 6.07 Å². The lowest BCUT2D eigenvalue weighted by atomic mass is 9.33. The van der Waals surface area contributed by atoms with Gasteiger partial charge >= 0.3 is 0 Å². The van der Waals surface area contributed by atoms with Crippen molar-refractivity contribution in [1.82, 2.24) is 10.6 Å². The van der Waals surface area contributed by atoms with Crippen LogP contribution in [-0.4, -0.2) is 81.6 Å². The molecule has 70 heavy (non-hydrogen) atoms. The Morgan fingerprint density at radius 2 is 1.67 bits per heavy atom. The predicted molar refractivity (Wildman–Crippen MR) is 275 cm³/mol. The summed E-state index contributed by atoms with van der Waals surface area (Å²) < 4.78 is 6.71. The Hall–Kier alpha value is -3.12. The van der Waals surface area contributed by atoms with Gasteiger partial charge in [-0.15, -0.1) is 0 Å². The third-order valence-electron chi connectivity index (χ3n) is 21.6. The fraction of sp³-hybridized carbons (Fsp3) is 0.733. The number of anilines is 1. The molecule has 7 fully saturated rings. The van der Waals surface area contributed by atoms with Crippen LogP contribution in [0.25, 0.3) is 0 Å². The second-order valence-corrected chi connectivity index (χ2v) is 25.8. The monoisotopic (exact) mass is 962 g/mol. The molecule has 6 aliphatic carbocycles. The number of phenols is 1. The minimum Gasteiger partial charge on any atom is -0.508 e. The van der Waals surface area contributed by atoms with Gasteiger partial charge in [0.1, 0.15) is 17.6 Å². The van der Waals surface area contributed by atoms with E-state index in [1.165, 1.54) is 17.6 Å². The number of ether oxygens (including phenoxy) is 1. The molecular formula is C60H87N3O7. The van der Waals surface area contributed by atoms with Crippen molar-refractivity contribution in [3.63, 3.8) is 0 Å². The van der Waals surface area contributed by atoms with Gasteiger partial charge in [-0.05, 0) is 191 Å². The lowest BCUT2D eigenvalue weighted by molar-refractivity contribution is -0.208. The van der Waals surface area contributed by atoms with Crippen LogP contribution in [0.4, 0.5) is 5.69 Å². The molecule has 15 atom stereocenters. The van der Waals surface area contributed by atoms with Gasteiger partial charge in [-0.2, -0.15) is 0 Å². The van der Waals surface area contributed by atoms with Gasteiger partial charge in [-0.25, -0.2) is 0 Å². The van der Waals surface area contributed by atoms with E-state index in [4.69, 9.17) is 10.5 Å². The summed E-state index contributed by atoms with van der Waals surface area (Å²) in [5.74, 6) is 1.13. The van der Waals surface area contributed by atoms with Gasteiger partial charge in [0, 0.05) is 54.6 Å². The van der Waals surface area contributed by atoms with E-state index in [2.05, 4.69) is 56.5 Å². The number of hydrogen-bond donors (Lipinski definition) is 7. The van der Waals surface area contributed by atoms with Gasteiger partial charge in [0.05, 0.1) is 17.3 Å². The number of benzene rings is 2. The van der Waals surface area contributed by atoms with E-state index in [-0.39, 0.29) is 59.7 Å². The average molecular weight is 962 g/mol. The molecular weight excluding hydrogens is 875 g/mol. The molecule has 2 heterocycles. The van der Waals surface area contributed by atoms with E-state index in [9.17, 15) is 20.4 Å². The number of aliphatic hydroxyl groups is 3. The normalized spacial score (nSPS) is 41.9. The van der Waals surface area contributed by atoms with Crippen molar-refractivity contribution in [3.05, 3.63) is 70.3 Å². The molecule has 0 aromatic heterocycles. The number of ketones is 2. The maximum atomic E-state index is 15.6. The Kier molecular flexibility index (Phi) is 13.4. The molecule has 0 amide bonds. The zero-order chi connectivity index (χ0) is 49.6. The molecule has 0 bridgehead atoms. The van der Waals surface area contributed by atoms with Gasteiger partial charge in [0.25, 0.3) is 0 Å². The van der Waals surface area contributed by atoms with Crippen molar-refractivity contribution in [3.8, 4) is 5.75 Å². The smallest absolute Gasteiger partial charge is 0.160 e. The number of allylic oxidation sites excluding steroid dienone is 2. The average Bonchev–Trinajstić information content (AvgIpc) is 3.61. The van der Waals surface area contributed by atoms with Crippen molar-refractivity contribution in [2.75, 3.05) is 25.9 Å². The second kappa shape index (κ2) is 18.7. The van der Waals surface area contributed by atoms with Crippen LogP contribution in [0.3, 0.4) is 0 Å². The number of aromatic hydroxyl groups is 1. The van der Waals surface area contributed by atoms with Crippen LogP contribution < -0.4 is 16.4 Å². The van der Waals surface area contributed by atoms with E-state index >= 15 is 9.59 Å². The summed E-state index contributed by atoms with van der Waals surface area (Å²) in [6.45, 7) is 12.2. The zero-order valence-corrected chi connectivity index (χ0v) is 43.5. The molecule has 0 spiro atoms. The first-order chi connectivity index (χ1) is 33.3. The number of carbonyl (C=O) groups excluding carboxylic acids is 2. The van der Waals surface area contributed by atoms with Crippen LogP contribution >= 0.6 is 0 Å². The zero-order valence-electron chi connectivity index (χ0n) is 43.5. The highest BCUT2D eigenvalue weighted by atomic mass is 16.6. The molecule has 0 unspecified atom stereocenters. The third-order valence-corrected chi connectivity index (χ3v) is 21.6. The number of nitrogens with one attached hydrogen (secondary N) is 2. The Morgan fingerprint density at radius 1 is 0.900 bits per heavy atom. The first-order valence-electron chi connectivity index (χ1n) is 27.9. The van der Waals surface area contributed by atoms with Crippen LogP contribution in [0.5, 0.6) is 5.75 Å².